The zero-order chi connectivity index (χ0) is 17.2. The van der Waals surface area contributed by atoms with Crippen LogP contribution in [0.15, 0.2) is 30.7 Å². The number of aromatic amines is 1. The van der Waals surface area contributed by atoms with E-state index in [1.54, 1.807) is 29.9 Å². The fraction of sp³-hybridized carbons (Fsp3) is 0.353. The first-order chi connectivity index (χ1) is 12.2. The molecule has 128 valence electrons. The second kappa shape index (κ2) is 6.72. The van der Waals surface area contributed by atoms with Crippen LogP contribution in [0.1, 0.15) is 39.1 Å². The average molecular weight is 354 g/mol. The molecule has 1 amide bonds. The first-order valence-electron chi connectivity index (χ1n) is 8.25. The molecule has 0 radical (unpaired) electrons. The van der Waals surface area contributed by atoms with E-state index in [1.807, 2.05) is 24.0 Å². The highest BCUT2D eigenvalue weighted by molar-refractivity contribution is 7.13. The van der Waals surface area contributed by atoms with Crippen LogP contribution in [0, 0.1) is 6.92 Å². The highest BCUT2D eigenvalue weighted by atomic mass is 32.1. The quantitative estimate of drug-likeness (QED) is 0.781. The molecule has 1 aliphatic heterocycles. The summed E-state index contributed by atoms with van der Waals surface area (Å²) >= 11 is 1.55. The predicted molar refractivity (Wildman–Crippen MR) is 94.3 cm³/mol. The van der Waals surface area contributed by atoms with Crippen molar-refractivity contribution < 1.29 is 4.79 Å². The topological polar surface area (TPSA) is 87.7 Å². The lowest BCUT2D eigenvalue weighted by atomic mass is 9.97. The summed E-state index contributed by atoms with van der Waals surface area (Å²) in [7, 11) is 0. The Labute approximate surface area is 149 Å². The van der Waals surface area contributed by atoms with Crippen molar-refractivity contribution in [2.45, 2.75) is 25.7 Å². The van der Waals surface area contributed by atoms with Crippen LogP contribution < -0.4 is 0 Å². The maximum Gasteiger partial charge on any atom is 0.263 e. The summed E-state index contributed by atoms with van der Waals surface area (Å²) in [5.41, 5.74) is 0.641. The van der Waals surface area contributed by atoms with E-state index >= 15 is 0 Å². The Kier molecular flexibility index (Phi) is 4.27. The number of likely N-dealkylation sites (tertiary alicyclic amines) is 1. The van der Waals surface area contributed by atoms with Crippen LogP contribution >= 0.6 is 11.3 Å². The van der Waals surface area contributed by atoms with Crippen molar-refractivity contribution in [1.29, 1.82) is 0 Å². The van der Waals surface area contributed by atoms with E-state index in [0.29, 0.717) is 18.1 Å². The SMILES string of the molecule is Cc1ccc(C(=O)N2CCC[C@H](c3nc(-c4cnccn4)n[nH]3)C2)s1. The molecule has 0 spiro atoms. The second-order valence-electron chi connectivity index (χ2n) is 6.14. The third-order valence-corrected chi connectivity index (χ3v) is 5.33. The van der Waals surface area contributed by atoms with Gasteiger partial charge in [0.1, 0.15) is 11.5 Å². The third-order valence-electron chi connectivity index (χ3n) is 4.34. The van der Waals surface area contributed by atoms with Gasteiger partial charge in [-0.15, -0.1) is 11.3 Å². The molecule has 1 aliphatic rings. The summed E-state index contributed by atoms with van der Waals surface area (Å²) in [6.07, 6.45) is 6.83. The molecule has 25 heavy (non-hydrogen) atoms. The molecule has 0 aliphatic carbocycles. The summed E-state index contributed by atoms with van der Waals surface area (Å²) in [5.74, 6) is 1.62. The number of piperidine rings is 1. The molecule has 4 heterocycles. The van der Waals surface area contributed by atoms with Gasteiger partial charge in [0.2, 0.25) is 5.82 Å². The van der Waals surface area contributed by atoms with E-state index < -0.39 is 0 Å². The number of nitrogens with one attached hydrogen (secondary N) is 1. The minimum absolute atomic E-state index is 0.108. The maximum absolute atomic E-state index is 12.7. The van der Waals surface area contributed by atoms with E-state index in [9.17, 15) is 4.79 Å². The fourth-order valence-electron chi connectivity index (χ4n) is 3.08. The van der Waals surface area contributed by atoms with Crippen molar-refractivity contribution in [1.82, 2.24) is 30.0 Å². The van der Waals surface area contributed by atoms with Gasteiger partial charge < -0.3 is 4.90 Å². The van der Waals surface area contributed by atoms with Crippen LogP contribution in [0.25, 0.3) is 11.5 Å². The number of rotatable bonds is 3. The lowest BCUT2D eigenvalue weighted by Crippen LogP contribution is -2.39. The normalized spacial score (nSPS) is 17.6. The van der Waals surface area contributed by atoms with E-state index in [2.05, 4.69) is 25.1 Å². The summed E-state index contributed by atoms with van der Waals surface area (Å²) in [5, 5.41) is 7.27. The van der Waals surface area contributed by atoms with Gasteiger partial charge in [-0.3, -0.25) is 14.9 Å². The molecule has 1 atom stereocenters. The molecule has 3 aromatic rings. The van der Waals surface area contributed by atoms with Crippen molar-refractivity contribution in [2.24, 2.45) is 0 Å². The number of carbonyl (C=O) groups is 1. The summed E-state index contributed by atoms with van der Waals surface area (Å²) < 4.78 is 0. The molecule has 0 aromatic carbocycles. The molecule has 1 saturated heterocycles. The number of thiophene rings is 1. The summed E-state index contributed by atoms with van der Waals surface area (Å²) in [6.45, 7) is 3.46. The number of aromatic nitrogens is 5. The molecule has 1 N–H and O–H groups in total. The Morgan fingerprint density at radius 1 is 1.36 bits per heavy atom. The predicted octanol–water partition coefficient (Wildman–Crippen LogP) is 2.65. The standard InChI is InChI=1S/C17H18N6OS/c1-11-4-5-14(25-11)17(24)23-8-2-3-12(10-23)15-20-16(22-21-15)13-9-18-6-7-19-13/h4-7,9,12H,2-3,8,10H2,1H3,(H,20,21,22)/t12-/m0/s1. The zero-order valence-electron chi connectivity index (χ0n) is 13.8. The van der Waals surface area contributed by atoms with E-state index in [0.717, 1.165) is 35.0 Å². The molecule has 3 aromatic heterocycles. The number of aryl methyl sites for hydroxylation is 1. The first-order valence-corrected chi connectivity index (χ1v) is 9.07. The molecular formula is C17H18N6OS. The second-order valence-corrected chi connectivity index (χ2v) is 7.42. The molecule has 0 unspecified atom stereocenters. The average Bonchev–Trinajstić information content (AvgIpc) is 3.31. The molecule has 0 saturated carbocycles. The van der Waals surface area contributed by atoms with Crippen LogP contribution in [0.5, 0.6) is 0 Å². The Morgan fingerprint density at radius 3 is 3.04 bits per heavy atom. The van der Waals surface area contributed by atoms with Gasteiger partial charge in [0.05, 0.1) is 11.1 Å². The number of hydrogen-bond donors (Lipinski definition) is 1. The number of nitrogens with zero attached hydrogens (tertiary/aromatic N) is 5. The van der Waals surface area contributed by atoms with Crippen LogP contribution in [0.3, 0.4) is 0 Å². The lowest BCUT2D eigenvalue weighted by Gasteiger charge is -2.31. The molecule has 7 nitrogen and oxygen atoms in total. The van der Waals surface area contributed by atoms with Gasteiger partial charge in [0, 0.05) is 36.3 Å². The summed E-state index contributed by atoms with van der Waals surface area (Å²) in [6, 6.07) is 3.90. The van der Waals surface area contributed by atoms with E-state index in [4.69, 9.17) is 0 Å². The number of H-pyrrole nitrogens is 1. The third kappa shape index (κ3) is 3.30. The summed E-state index contributed by atoms with van der Waals surface area (Å²) in [4.78, 5) is 29.4. The van der Waals surface area contributed by atoms with Crippen molar-refractivity contribution >= 4 is 17.2 Å². The highest BCUT2D eigenvalue weighted by Crippen LogP contribution is 2.27. The zero-order valence-corrected chi connectivity index (χ0v) is 14.7. The molecule has 1 fully saturated rings. The van der Waals surface area contributed by atoms with Gasteiger partial charge in [-0.25, -0.2) is 9.97 Å². The smallest absolute Gasteiger partial charge is 0.263 e. The maximum atomic E-state index is 12.7. The largest absolute Gasteiger partial charge is 0.337 e. The molecule has 0 bridgehead atoms. The van der Waals surface area contributed by atoms with E-state index in [-0.39, 0.29) is 11.8 Å². The highest BCUT2D eigenvalue weighted by Gasteiger charge is 2.28. The number of amides is 1. The number of carbonyl (C=O) groups excluding carboxylic acids is 1. The van der Waals surface area contributed by atoms with Gasteiger partial charge in [-0.05, 0) is 31.9 Å². The molecular weight excluding hydrogens is 336 g/mol. The van der Waals surface area contributed by atoms with Crippen molar-refractivity contribution in [2.75, 3.05) is 13.1 Å². The molecule has 4 rings (SSSR count). The van der Waals surface area contributed by atoms with Crippen molar-refractivity contribution in [3.63, 3.8) is 0 Å². The molecule has 8 heteroatoms. The van der Waals surface area contributed by atoms with Crippen molar-refractivity contribution in [3.8, 4) is 11.5 Å². The van der Waals surface area contributed by atoms with Crippen LogP contribution in [-0.4, -0.2) is 49.0 Å². The Balaban J connectivity index is 1.50. The van der Waals surface area contributed by atoms with Gasteiger partial charge >= 0.3 is 0 Å². The van der Waals surface area contributed by atoms with Crippen LogP contribution in [-0.2, 0) is 0 Å². The van der Waals surface area contributed by atoms with Gasteiger partial charge in [-0.1, -0.05) is 0 Å². The Bertz CT molecular complexity index is 874. The van der Waals surface area contributed by atoms with Crippen LogP contribution in [0.2, 0.25) is 0 Å². The number of hydrogen-bond acceptors (Lipinski definition) is 6. The van der Waals surface area contributed by atoms with Gasteiger partial charge in [-0.2, -0.15) is 5.10 Å². The minimum atomic E-state index is 0.108. The van der Waals surface area contributed by atoms with Gasteiger partial charge in [0.15, 0.2) is 0 Å². The fourth-order valence-corrected chi connectivity index (χ4v) is 3.91. The van der Waals surface area contributed by atoms with E-state index in [1.165, 1.54) is 0 Å². The van der Waals surface area contributed by atoms with Crippen molar-refractivity contribution in [3.05, 3.63) is 46.3 Å². The first kappa shape index (κ1) is 15.9. The van der Waals surface area contributed by atoms with Gasteiger partial charge in [0.25, 0.3) is 5.91 Å². The Hall–Kier alpha value is -2.61. The minimum Gasteiger partial charge on any atom is -0.337 e. The van der Waals surface area contributed by atoms with Crippen LogP contribution in [0.4, 0.5) is 0 Å². The lowest BCUT2D eigenvalue weighted by molar-refractivity contribution is 0.0709. The Morgan fingerprint density at radius 2 is 2.28 bits per heavy atom. The monoisotopic (exact) mass is 354 g/mol.